The van der Waals surface area contributed by atoms with Gasteiger partial charge in [-0.05, 0) is 45.7 Å². The van der Waals surface area contributed by atoms with Crippen LogP contribution in [0.5, 0.6) is 0 Å². The summed E-state index contributed by atoms with van der Waals surface area (Å²) in [5.41, 5.74) is -0.693. The van der Waals surface area contributed by atoms with Crippen LogP contribution in [0.4, 0.5) is 0 Å². The molecule has 0 saturated carbocycles. The maximum atomic E-state index is 10.7. The summed E-state index contributed by atoms with van der Waals surface area (Å²) in [4.78, 5) is 51.5. The van der Waals surface area contributed by atoms with Crippen LogP contribution in [0.15, 0.2) is 28.1 Å². The molecule has 2 heterocycles. The smallest absolute Gasteiger partial charge is 0.310 e. The quantitative estimate of drug-likeness (QED) is 0.497. The predicted octanol–water partition coefficient (Wildman–Crippen LogP) is 0.268. The first-order valence-corrected chi connectivity index (χ1v) is 6.78. The number of aromatic nitrogens is 4. The SMILES string of the molecule is Cc1[nH]c(=O)[nH]c(=O)c1Br.Cc1[nH]c(=O)[nH]c(=O)c1Br. The lowest BCUT2D eigenvalue weighted by Crippen LogP contribution is -2.23. The van der Waals surface area contributed by atoms with Gasteiger partial charge >= 0.3 is 11.4 Å². The number of aromatic amines is 4. The van der Waals surface area contributed by atoms with Crippen molar-refractivity contribution in [1.82, 2.24) is 19.9 Å². The number of hydrogen-bond acceptors (Lipinski definition) is 4. The molecule has 0 fully saturated rings. The van der Waals surface area contributed by atoms with Crippen molar-refractivity contribution in [2.24, 2.45) is 0 Å². The van der Waals surface area contributed by atoms with E-state index in [2.05, 4.69) is 51.8 Å². The second kappa shape index (κ2) is 6.66. The zero-order valence-electron chi connectivity index (χ0n) is 10.4. The van der Waals surface area contributed by atoms with Crippen LogP contribution < -0.4 is 22.5 Å². The Bertz CT molecular complexity index is 774. The molecular weight excluding hydrogens is 400 g/mol. The van der Waals surface area contributed by atoms with E-state index in [1.807, 2.05) is 0 Å². The molecule has 2 aromatic rings. The van der Waals surface area contributed by atoms with E-state index in [-0.39, 0.29) is 0 Å². The number of nitrogens with one attached hydrogen (secondary N) is 4. The van der Waals surface area contributed by atoms with Gasteiger partial charge in [0.05, 0.1) is 0 Å². The third kappa shape index (κ3) is 4.17. The molecule has 0 aromatic carbocycles. The van der Waals surface area contributed by atoms with Crippen molar-refractivity contribution in [3.8, 4) is 0 Å². The fourth-order valence-corrected chi connectivity index (χ4v) is 1.57. The molecule has 10 heteroatoms. The first-order chi connectivity index (χ1) is 9.22. The van der Waals surface area contributed by atoms with E-state index < -0.39 is 22.5 Å². The third-order valence-electron chi connectivity index (χ3n) is 2.11. The molecule has 108 valence electrons. The number of rotatable bonds is 0. The van der Waals surface area contributed by atoms with Crippen LogP contribution in [-0.4, -0.2) is 19.9 Å². The van der Waals surface area contributed by atoms with Gasteiger partial charge in [0.25, 0.3) is 11.1 Å². The number of aryl methyl sites for hydroxylation is 2. The van der Waals surface area contributed by atoms with Gasteiger partial charge in [0, 0.05) is 11.4 Å². The van der Waals surface area contributed by atoms with E-state index in [4.69, 9.17) is 0 Å². The van der Waals surface area contributed by atoms with Gasteiger partial charge in [-0.1, -0.05) is 0 Å². The highest BCUT2D eigenvalue weighted by molar-refractivity contribution is 9.10. The van der Waals surface area contributed by atoms with E-state index in [1.54, 1.807) is 13.8 Å². The molecule has 8 nitrogen and oxygen atoms in total. The van der Waals surface area contributed by atoms with Crippen molar-refractivity contribution in [2.75, 3.05) is 0 Å². The van der Waals surface area contributed by atoms with Crippen molar-refractivity contribution in [3.05, 3.63) is 62.0 Å². The zero-order chi connectivity index (χ0) is 15.4. The van der Waals surface area contributed by atoms with Gasteiger partial charge in [-0.25, -0.2) is 9.59 Å². The average molecular weight is 410 g/mol. The minimum absolute atomic E-state index is 0.368. The zero-order valence-corrected chi connectivity index (χ0v) is 13.6. The van der Waals surface area contributed by atoms with E-state index >= 15 is 0 Å². The van der Waals surface area contributed by atoms with Gasteiger partial charge in [-0.2, -0.15) is 0 Å². The molecule has 0 atom stereocenters. The number of H-pyrrole nitrogens is 4. The second-order valence-corrected chi connectivity index (χ2v) is 5.28. The monoisotopic (exact) mass is 408 g/mol. The molecule has 20 heavy (non-hydrogen) atoms. The summed E-state index contributed by atoms with van der Waals surface area (Å²) in [6.07, 6.45) is 0. The summed E-state index contributed by atoms with van der Waals surface area (Å²) < 4.78 is 0.735. The molecule has 0 amide bonds. The Kier molecular flexibility index (Phi) is 5.45. The molecular formula is C10H10Br2N4O4. The molecule has 0 aliphatic rings. The molecule has 0 saturated heterocycles. The molecule has 0 radical (unpaired) electrons. The molecule has 2 aromatic heterocycles. The van der Waals surface area contributed by atoms with Gasteiger partial charge in [-0.3, -0.25) is 19.6 Å². The Morgan fingerprint density at radius 1 is 0.650 bits per heavy atom. The largest absolute Gasteiger partial charge is 0.325 e. The summed E-state index contributed by atoms with van der Waals surface area (Å²) in [5, 5.41) is 0. The first kappa shape index (κ1) is 16.4. The van der Waals surface area contributed by atoms with Crippen molar-refractivity contribution in [1.29, 1.82) is 0 Å². The fraction of sp³-hybridized carbons (Fsp3) is 0.200. The molecule has 2 rings (SSSR count). The summed E-state index contributed by atoms with van der Waals surface area (Å²) in [5.74, 6) is 0. The van der Waals surface area contributed by atoms with E-state index in [1.165, 1.54) is 0 Å². The Balaban J connectivity index is 0.000000200. The van der Waals surface area contributed by atoms with Gasteiger partial charge in [-0.15, -0.1) is 0 Å². The second-order valence-electron chi connectivity index (χ2n) is 3.69. The minimum atomic E-state index is -0.481. The third-order valence-corrected chi connectivity index (χ3v) is 4.02. The van der Waals surface area contributed by atoms with Crippen molar-refractivity contribution in [2.45, 2.75) is 13.8 Å². The molecule has 0 spiro atoms. The van der Waals surface area contributed by atoms with Crippen LogP contribution in [0.25, 0.3) is 0 Å². The summed E-state index contributed by atoms with van der Waals surface area (Å²) in [7, 11) is 0. The lowest BCUT2D eigenvalue weighted by molar-refractivity contribution is 0.978. The lowest BCUT2D eigenvalue weighted by Gasteiger charge is -1.92. The van der Waals surface area contributed by atoms with Gasteiger partial charge in [0.1, 0.15) is 8.95 Å². The normalized spacial score (nSPS) is 9.80. The summed E-state index contributed by atoms with van der Waals surface area (Å²) in [6, 6.07) is 0. The van der Waals surface area contributed by atoms with Gasteiger partial charge in [0.15, 0.2) is 0 Å². The Labute approximate surface area is 127 Å². The molecule has 0 aliphatic heterocycles. The lowest BCUT2D eigenvalue weighted by atomic mass is 10.5. The Hall–Kier alpha value is -1.68. The number of hydrogen-bond donors (Lipinski definition) is 4. The first-order valence-electron chi connectivity index (χ1n) is 5.19. The van der Waals surface area contributed by atoms with Crippen LogP contribution in [-0.2, 0) is 0 Å². The Morgan fingerprint density at radius 3 is 1.20 bits per heavy atom. The van der Waals surface area contributed by atoms with Crippen molar-refractivity contribution in [3.63, 3.8) is 0 Å². The topological polar surface area (TPSA) is 131 Å². The highest BCUT2D eigenvalue weighted by Gasteiger charge is 1.99. The van der Waals surface area contributed by atoms with E-state index in [0.29, 0.717) is 20.3 Å². The van der Waals surface area contributed by atoms with E-state index in [0.717, 1.165) is 0 Å². The van der Waals surface area contributed by atoms with Crippen LogP contribution >= 0.6 is 31.9 Å². The predicted molar refractivity (Wildman–Crippen MR) is 80.2 cm³/mol. The van der Waals surface area contributed by atoms with Crippen LogP contribution in [0.3, 0.4) is 0 Å². The molecule has 0 aliphatic carbocycles. The Morgan fingerprint density at radius 2 is 0.950 bits per heavy atom. The maximum absolute atomic E-state index is 10.7. The minimum Gasteiger partial charge on any atom is -0.310 e. The standard InChI is InChI=1S/2C5H5BrN2O2/c2*1-2-3(6)4(9)8-5(10)7-2/h2*1H3,(H2,7,8,9,10). The van der Waals surface area contributed by atoms with Crippen molar-refractivity contribution >= 4 is 31.9 Å². The van der Waals surface area contributed by atoms with Crippen molar-refractivity contribution < 1.29 is 0 Å². The van der Waals surface area contributed by atoms with Gasteiger partial charge in [0.2, 0.25) is 0 Å². The molecule has 4 N–H and O–H groups in total. The maximum Gasteiger partial charge on any atom is 0.325 e. The van der Waals surface area contributed by atoms with Gasteiger partial charge < -0.3 is 9.97 Å². The highest BCUT2D eigenvalue weighted by atomic mass is 79.9. The average Bonchev–Trinajstić information content (AvgIpc) is 2.33. The molecule has 0 bridgehead atoms. The van der Waals surface area contributed by atoms with Crippen LogP contribution in [0.2, 0.25) is 0 Å². The van der Waals surface area contributed by atoms with Crippen LogP contribution in [0, 0.1) is 13.8 Å². The molecule has 0 unspecified atom stereocenters. The summed E-state index contributed by atoms with van der Waals surface area (Å²) >= 11 is 6.00. The van der Waals surface area contributed by atoms with E-state index in [9.17, 15) is 19.2 Å². The number of halogens is 2. The fourth-order valence-electron chi connectivity index (χ4n) is 1.17. The van der Waals surface area contributed by atoms with Crippen LogP contribution in [0.1, 0.15) is 11.4 Å². The summed E-state index contributed by atoms with van der Waals surface area (Å²) in [6.45, 7) is 3.28. The highest BCUT2D eigenvalue weighted by Crippen LogP contribution is 2.03.